The second kappa shape index (κ2) is 4.83. The maximum atomic E-state index is 5.73. The molecule has 2 heteroatoms. The summed E-state index contributed by atoms with van der Waals surface area (Å²) in [7, 11) is 0. The van der Waals surface area contributed by atoms with E-state index in [1.807, 2.05) is 6.92 Å². The van der Waals surface area contributed by atoms with Crippen LogP contribution in [0.4, 0.5) is 0 Å². The van der Waals surface area contributed by atoms with Gasteiger partial charge in [0, 0.05) is 6.04 Å². The smallest absolute Gasteiger partial charge is 0.0618 e. The summed E-state index contributed by atoms with van der Waals surface area (Å²) in [6, 6.07) is 0.180. The molecule has 2 unspecified atom stereocenters. The van der Waals surface area contributed by atoms with Crippen molar-refractivity contribution in [2.24, 2.45) is 11.7 Å². The van der Waals surface area contributed by atoms with E-state index in [1.54, 1.807) is 0 Å². The highest BCUT2D eigenvalue weighted by Crippen LogP contribution is 2.26. The van der Waals surface area contributed by atoms with Crippen molar-refractivity contribution in [1.29, 1.82) is 0 Å². The third kappa shape index (κ3) is 3.11. The van der Waals surface area contributed by atoms with Gasteiger partial charge in [0.25, 0.3) is 0 Å². The van der Waals surface area contributed by atoms with Crippen molar-refractivity contribution in [3.63, 3.8) is 0 Å². The Morgan fingerprint density at radius 3 is 2.67 bits per heavy atom. The monoisotopic (exact) mass is 171 g/mol. The minimum atomic E-state index is 0.180. The Balaban J connectivity index is 2.20. The Bertz CT molecular complexity index is 125. The van der Waals surface area contributed by atoms with Crippen molar-refractivity contribution >= 4 is 0 Å². The third-order valence-electron chi connectivity index (χ3n) is 2.61. The van der Waals surface area contributed by atoms with Crippen LogP contribution in [0.2, 0.25) is 0 Å². The standard InChI is InChI=1S/C10H21NO/c1-8-5-3-4-6-10(8)12-7-9(2)11/h8-10H,3-7,11H2,1-2H3/t8?,9-,10?/m0/s1. The Hall–Kier alpha value is -0.0800. The van der Waals surface area contributed by atoms with Crippen molar-refractivity contribution in [3.8, 4) is 0 Å². The zero-order valence-electron chi connectivity index (χ0n) is 8.25. The first-order valence-electron chi connectivity index (χ1n) is 5.07. The van der Waals surface area contributed by atoms with E-state index in [9.17, 15) is 0 Å². The number of hydrogen-bond acceptors (Lipinski definition) is 2. The van der Waals surface area contributed by atoms with E-state index in [4.69, 9.17) is 10.5 Å². The summed E-state index contributed by atoms with van der Waals surface area (Å²) in [6.07, 6.45) is 5.73. The van der Waals surface area contributed by atoms with E-state index in [2.05, 4.69) is 6.92 Å². The zero-order valence-corrected chi connectivity index (χ0v) is 8.25. The van der Waals surface area contributed by atoms with Gasteiger partial charge < -0.3 is 10.5 Å². The maximum Gasteiger partial charge on any atom is 0.0618 e. The summed E-state index contributed by atoms with van der Waals surface area (Å²) < 4.78 is 5.73. The molecule has 3 atom stereocenters. The molecule has 0 aromatic carbocycles. The minimum Gasteiger partial charge on any atom is -0.376 e. The Labute approximate surface area is 75.5 Å². The fourth-order valence-electron chi connectivity index (χ4n) is 1.81. The summed E-state index contributed by atoms with van der Waals surface area (Å²) in [4.78, 5) is 0. The van der Waals surface area contributed by atoms with Crippen molar-refractivity contribution in [1.82, 2.24) is 0 Å². The number of rotatable bonds is 3. The molecule has 0 saturated heterocycles. The van der Waals surface area contributed by atoms with Gasteiger partial charge in [-0.25, -0.2) is 0 Å². The first-order chi connectivity index (χ1) is 5.70. The van der Waals surface area contributed by atoms with Crippen LogP contribution in [0, 0.1) is 5.92 Å². The molecule has 0 spiro atoms. The van der Waals surface area contributed by atoms with Gasteiger partial charge in [0.1, 0.15) is 0 Å². The number of ether oxygens (including phenoxy) is 1. The molecule has 0 aromatic rings. The van der Waals surface area contributed by atoms with Gasteiger partial charge in [0.15, 0.2) is 0 Å². The molecule has 0 aromatic heterocycles. The second-order valence-corrected chi connectivity index (χ2v) is 4.11. The molecular weight excluding hydrogens is 150 g/mol. The van der Waals surface area contributed by atoms with Crippen molar-refractivity contribution in [2.75, 3.05) is 6.61 Å². The van der Waals surface area contributed by atoms with Gasteiger partial charge in [0.2, 0.25) is 0 Å². The number of nitrogens with two attached hydrogens (primary N) is 1. The second-order valence-electron chi connectivity index (χ2n) is 4.11. The van der Waals surface area contributed by atoms with E-state index in [-0.39, 0.29) is 6.04 Å². The third-order valence-corrected chi connectivity index (χ3v) is 2.61. The molecule has 12 heavy (non-hydrogen) atoms. The van der Waals surface area contributed by atoms with E-state index < -0.39 is 0 Å². The summed E-state index contributed by atoms with van der Waals surface area (Å²) in [5, 5.41) is 0. The molecule has 1 aliphatic rings. The molecule has 0 aliphatic heterocycles. The van der Waals surface area contributed by atoms with Gasteiger partial charge >= 0.3 is 0 Å². The molecule has 0 heterocycles. The normalized spacial score (nSPS) is 33.2. The Kier molecular flexibility index (Phi) is 4.02. The van der Waals surface area contributed by atoms with Gasteiger partial charge in [0.05, 0.1) is 12.7 Å². The van der Waals surface area contributed by atoms with Gasteiger partial charge in [-0.05, 0) is 25.7 Å². The number of hydrogen-bond donors (Lipinski definition) is 1. The summed E-state index contributed by atoms with van der Waals surface area (Å²) in [5.41, 5.74) is 5.63. The molecule has 0 radical (unpaired) electrons. The molecule has 2 N–H and O–H groups in total. The van der Waals surface area contributed by atoms with Crippen LogP contribution in [0.1, 0.15) is 39.5 Å². The highest BCUT2D eigenvalue weighted by Gasteiger charge is 2.21. The average molecular weight is 171 g/mol. The molecule has 72 valence electrons. The van der Waals surface area contributed by atoms with Crippen molar-refractivity contribution in [3.05, 3.63) is 0 Å². The largest absolute Gasteiger partial charge is 0.376 e. The quantitative estimate of drug-likeness (QED) is 0.704. The topological polar surface area (TPSA) is 35.2 Å². The lowest BCUT2D eigenvalue weighted by Crippen LogP contribution is -2.31. The Morgan fingerprint density at radius 1 is 1.42 bits per heavy atom. The molecule has 1 aliphatic carbocycles. The average Bonchev–Trinajstić information content (AvgIpc) is 2.03. The predicted molar refractivity (Wildman–Crippen MR) is 51.0 cm³/mol. The van der Waals surface area contributed by atoms with Crippen LogP contribution in [0.15, 0.2) is 0 Å². The fourth-order valence-corrected chi connectivity index (χ4v) is 1.81. The lowest BCUT2D eigenvalue weighted by Gasteiger charge is -2.29. The molecule has 1 fully saturated rings. The first-order valence-corrected chi connectivity index (χ1v) is 5.07. The summed E-state index contributed by atoms with van der Waals surface area (Å²) in [5.74, 6) is 0.734. The summed E-state index contributed by atoms with van der Waals surface area (Å²) >= 11 is 0. The van der Waals surface area contributed by atoms with Crippen LogP contribution in [-0.2, 0) is 4.74 Å². The molecule has 0 amide bonds. The molecule has 1 rings (SSSR count). The van der Waals surface area contributed by atoms with Gasteiger partial charge in [-0.3, -0.25) is 0 Å². The minimum absolute atomic E-state index is 0.180. The molecular formula is C10H21NO. The van der Waals surface area contributed by atoms with Crippen molar-refractivity contribution in [2.45, 2.75) is 51.7 Å². The van der Waals surface area contributed by atoms with E-state index in [0.29, 0.717) is 6.10 Å². The van der Waals surface area contributed by atoms with Crippen molar-refractivity contribution < 1.29 is 4.74 Å². The van der Waals surface area contributed by atoms with Crippen LogP contribution in [0.5, 0.6) is 0 Å². The van der Waals surface area contributed by atoms with Crippen LogP contribution >= 0.6 is 0 Å². The van der Waals surface area contributed by atoms with Gasteiger partial charge in [-0.1, -0.05) is 19.8 Å². The zero-order chi connectivity index (χ0) is 8.97. The van der Waals surface area contributed by atoms with Crippen LogP contribution in [0.25, 0.3) is 0 Å². The van der Waals surface area contributed by atoms with E-state index in [1.165, 1.54) is 25.7 Å². The lowest BCUT2D eigenvalue weighted by molar-refractivity contribution is -0.00931. The molecule has 1 saturated carbocycles. The highest BCUT2D eigenvalue weighted by atomic mass is 16.5. The van der Waals surface area contributed by atoms with Crippen LogP contribution in [-0.4, -0.2) is 18.8 Å². The molecule has 2 nitrogen and oxygen atoms in total. The lowest BCUT2D eigenvalue weighted by atomic mass is 9.88. The molecule has 0 bridgehead atoms. The SMILES string of the molecule is CC1CCCCC1OC[C@H](C)N. The summed E-state index contributed by atoms with van der Waals surface area (Å²) in [6.45, 7) is 4.99. The van der Waals surface area contributed by atoms with E-state index in [0.717, 1.165) is 12.5 Å². The van der Waals surface area contributed by atoms with Gasteiger partial charge in [-0.15, -0.1) is 0 Å². The van der Waals surface area contributed by atoms with Crippen LogP contribution in [0.3, 0.4) is 0 Å². The first kappa shape index (κ1) is 10.0. The highest BCUT2D eigenvalue weighted by molar-refractivity contribution is 4.72. The van der Waals surface area contributed by atoms with Crippen LogP contribution < -0.4 is 5.73 Å². The predicted octanol–water partition coefficient (Wildman–Crippen LogP) is 1.93. The Morgan fingerprint density at radius 2 is 2.08 bits per heavy atom. The fraction of sp³-hybridized carbons (Fsp3) is 1.00. The van der Waals surface area contributed by atoms with E-state index >= 15 is 0 Å². The van der Waals surface area contributed by atoms with Gasteiger partial charge in [-0.2, -0.15) is 0 Å². The maximum absolute atomic E-state index is 5.73.